The Morgan fingerprint density at radius 1 is 1.33 bits per heavy atom. The molecule has 1 aliphatic heterocycles. The quantitative estimate of drug-likeness (QED) is 0.846. The smallest absolute Gasteiger partial charge is 0.261 e. The number of hydrogen-bond donors (Lipinski definition) is 0. The van der Waals surface area contributed by atoms with E-state index >= 15 is 0 Å². The highest BCUT2D eigenvalue weighted by molar-refractivity contribution is 5.78. The average molecular weight is 329 g/mol. The molecule has 0 N–H and O–H groups in total. The third-order valence-electron chi connectivity index (χ3n) is 5.35. The van der Waals surface area contributed by atoms with Gasteiger partial charge in [0.25, 0.3) is 5.56 Å². The molecule has 0 amide bonds. The van der Waals surface area contributed by atoms with Crippen molar-refractivity contribution in [2.24, 2.45) is 5.92 Å². The van der Waals surface area contributed by atoms with Crippen molar-refractivity contribution in [1.82, 2.24) is 14.5 Å². The molecule has 1 unspecified atom stereocenters. The van der Waals surface area contributed by atoms with Crippen molar-refractivity contribution in [2.45, 2.75) is 45.7 Å². The van der Waals surface area contributed by atoms with Gasteiger partial charge in [0.05, 0.1) is 24.3 Å². The highest BCUT2D eigenvalue weighted by Gasteiger charge is 2.22. The molecule has 0 bridgehead atoms. The minimum Gasteiger partial charge on any atom is -0.497 e. The molecule has 0 saturated carbocycles. The molecule has 3 rings (SSSR count). The van der Waals surface area contributed by atoms with Gasteiger partial charge in [0.1, 0.15) is 5.75 Å². The summed E-state index contributed by atoms with van der Waals surface area (Å²) in [5.74, 6) is 1.28. The van der Waals surface area contributed by atoms with Crippen molar-refractivity contribution in [2.75, 3.05) is 20.2 Å². The first-order valence-electron chi connectivity index (χ1n) is 8.89. The number of nitrogens with zero attached hydrogens (tertiary/aromatic N) is 3. The molecule has 1 fully saturated rings. The van der Waals surface area contributed by atoms with E-state index in [0.717, 1.165) is 38.2 Å². The summed E-state index contributed by atoms with van der Waals surface area (Å²) < 4.78 is 6.98. The van der Waals surface area contributed by atoms with Gasteiger partial charge < -0.3 is 9.64 Å². The Kier molecular flexibility index (Phi) is 5.19. The van der Waals surface area contributed by atoms with E-state index in [1.54, 1.807) is 18.0 Å². The molecule has 0 radical (unpaired) electrons. The molecule has 2 heterocycles. The van der Waals surface area contributed by atoms with Crippen LogP contribution in [0.4, 0.5) is 0 Å². The van der Waals surface area contributed by atoms with Crippen molar-refractivity contribution in [1.29, 1.82) is 0 Å². The van der Waals surface area contributed by atoms with Gasteiger partial charge in [-0.1, -0.05) is 6.92 Å². The number of aromatic nitrogens is 2. The predicted molar refractivity (Wildman–Crippen MR) is 96.6 cm³/mol. The fourth-order valence-corrected chi connectivity index (χ4v) is 3.51. The summed E-state index contributed by atoms with van der Waals surface area (Å²) in [6.45, 7) is 7.57. The molecule has 1 aromatic heterocycles. The fourth-order valence-electron chi connectivity index (χ4n) is 3.51. The SMILES string of the molecule is CCC(C)N1CCC(Cn2cnc3cc(OC)ccc3c2=O)CC1. The molecule has 0 spiro atoms. The normalized spacial score (nSPS) is 18.0. The van der Waals surface area contributed by atoms with Crippen molar-refractivity contribution >= 4 is 10.9 Å². The van der Waals surface area contributed by atoms with E-state index in [0.29, 0.717) is 22.9 Å². The lowest BCUT2D eigenvalue weighted by atomic mass is 9.95. The zero-order chi connectivity index (χ0) is 17.1. The van der Waals surface area contributed by atoms with E-state index in [1.807, 2.05) is 18.2 Å². The Hall–Kier alpha value is -1.88. The van der Waals surface area contributed by atoms with Crippen molar-refractivity contribution in [3.05, 3.63) is 34.9 Å². The van der Waals surface area contributed by atoms with E-state index in [-0.39, 0.29) is 5.56 Å². The van der Waals surface area contributed by atoms with Crippen LogP contribution in [-0.2, 0) is 6.54 Å². The average Bonchev–Trinajstić information content (AvgIpc) is 2.63. The van der Waals surface area contributed by atoms with Crippen LogP contribution in [0, 0.1) is 5.92 Å². The highest BCUT2D eigenvalue weighted by atomic mass is 16.5. The minimum atomic E-state index is 0.0482. The van der Waals surface area contributed by atoms with E-state index < -0.39 is 0 Å². The number of rotatable bonds is 5. The zero-order valence-electron chi connectivity index (χ0n) is 14.9. The molecule has 5 nitrogen and oxygen atoms in total. The van der Waals surface area contributed by atoms with Gasteiger partial charge in [-0.3, -0.25) is 9.36 Å². The second-order valence-corrected chi connectivity index (χ2v) is 6.82. The summed E-state index contributed by atoms with van der Waals surface area (Å²) >= 11 is 0. The molecule has 1 aromatic carbocycles. The molecule has 2 aromatic rings. The Morgan fingerprint density at radius 2 is 2.08 bits per heavy atom. The van der Waals surface area contributed by atoms with E-state index in [1.165, 1.54) is 6.42 Å². The summed E-state index contributed by atoms with van der Waals surface area (Å²) in [5.41, 5.74) is 0.745. The van der Waals surface area contributed by atoms with Crippen LogP contribution < -0.4 is 10.3 Å². The molecular weight excluding hydrogens is 302 g/mol. The first-order chi connectivity index (χ1) is 11.6. The lowest BCUT2D eigenvalue weighted by Gasteiger charge is -2.35. The van der Waals surface area contributed by atoms with Crippen LogP contribution in [0.1, 0.15) is 33.1 Å². The van der Waals surface area contributed by atoms with Crippen LogP contribution in [0.15, 0.2) is 29.3 Å². The second kappa shape index (κ2) is 7.34. The maximum Gasteiger partial charge on any atom is 0.261 e. The van der Waals surface area contributed by atoms with Crippen LogP contribution in [0.25, 0.3) is 10.9 Å². The third kappa shape index (κ3) is 3.46. The number of benzene rings is 1. The second-order valence-electron chi connectivity index (χ2n) is 6.82. The number of ether oxygens (including phenoxy) is 1. The van der Waals surface area contributed by atoms with Crippen molar-refractivity contribution in [3.63, 3.8) is 0 Å². The molecule has 5 heteroatoms. The van der Waals surface area contributed by atoms with Crippen LogP contribution in [0.2, 0.25) is 0 Å². The summed E-state index contributed by atoms with van der Waals surface area (Å²) in [6.07, 6.45) is 5.18. The number of fused-ring (bicyclic) bond motifs is 1. The maximum absolute atomic E-state index is 12.7. The first kappa shape index (κ1) is 17.0. The Bertz CT molecular complexity index is 748. The highest BCUT2D eigenvalue weighted by Crippen LogP contribution is 2.21. The van der Waals surface area contributed by atoms with Crippen LogP contribution in [0.5, 0.6) is 5.75 Å². The number of methoxy groups -OCH3 is 1. The van der Waals surface area contributed by atoms with Crippen molar-refractivity contribution in [3.8, 4) is 5.75 Å². The van der Waals surface area contributed by atoms with Gasteiger partial charge in [0.15, 0.2) is 0 Å². The van der Waals surface area contributed by atoms with Crippen LogP contribution in [0.3, 0.4) is 0 Å². The Morgan fingerprint density at radius 3 is 2.75 bits per heavy atom. The molecular formula is C19H27N3O2. The lowest BCUT2D eigenvalue weighted by Crippen LogP contribution is -2.41. The van der Waals surface area contributed by atoms with Gasteiger partial charge in [-0.2, -0.15) is 0 Å². The van der Waals surface area contributed by atoms with Gasteiger partial charge in [-0.05, 0) is 57.3 Å². The topological polar surface area (TPSA) is 47.4 Å². The zero-order valence-corrected chi connectivity index (χ0v) is 14.9. The molecule has 24 heavy (non-hydrogen) atoms. The molecule has 1 aliphatic rings. The van der Waals surface area contributed by atoms with Gasteiger partial charge >= 0.3 is 0 Å². The fraction of sp³-hybridized carbons (Fsp3) is 0.579. The summed E-state index contributed by atoms with van der Waals surface area (Å²) in [7, 11) is 1.62. The Labute approximate surface area is 143 Å². The van der Waals surface area contributed by atoms with Gasteiger partial charge in [-0.15, -0.1) is 0 Å². The molecule has 0 aliphatic carbocycles. The maximum atomic E-state index is 12.7. The standard InChI is InChI=1S/C19H27N3O2/c1-4-14(2)21-9-7-15(8-10-21)12-22-13-20-18-11-16(24-3)5-6-17(18)19(22)23/h5-6,11,13-15H,4,7-10,12H2,1-3H3. The number of likely N-dealkylation sites (tertiary alicyclic amines) is 1. The predicted octanol–water partition coefficient (Wildman–Crippen LogP) is 2.92. The molecule has 130 valence electrons. The first-order valence-corrected chi connectivity index (χ1v) is 8.89. The van der Waals surface area contributed by atoms with Gasteiger partial charge in [0, 0.05) is 18.7 Å². The summed E-state index contributed by atoms with van der Waals surface area (Å²) in [4.78, 5) is 19.7. The summed E-state index contributed by atoms with van der Waals surface area (Å²) in [6, 6.07) is 6.10. The molecule has 1 saturated heterocycles. The molecule has 1 atom stereocenters. The monoisotopic (exact) mass is 329 g/mol. The number of hydrogen-bond acceptors (Lipinski definition) is 4. The van der Waals surface area contributed by atoms with Crippen molar-refractivity contribution < 1.29 is 4.74 Å². The third-order valence-corrected chi connectivity index (χ3v) is 5.35. The van der Waals surface area contributed by atoms with Crippen LogP contribution in [-0.4, -0.2) is 40.7 Å². The largest absolute Gasteiger partial charge is 0.497 e. The minimum absolute atomic E-state index is 0.0482. The Balaban J connectivity index is 1.72. The van der Waals surface area contributed by atoms with E-state index in [2.05, 4.69) is 23.7 Å². The van der Waals surface area contributed by atoms with E-state index in [9.17, 15) is 4.79 Å². The van der Waals surface area contributed by atoms with E-state index in [4.69, 9.17) is 4.74 Å². The van der Waals surface area contributed by atoms with Gasteiger partial charge in [0.2, 0.25) is 0 Å². The summed E-state index contributed by atoms with van der Waals surface area (Å²) in [5, 5.41) is 0.662. The lowest BCUT2D eigenvalue weighted by molar-refractivity contribution is 0.130. The van der Waals surface area contributed by atoms with Gasteiger partial charge in [-0.25, -0.2) is 4.98 Å². The van der Waals surface area contributed by atoms with Crippen LogP contribution >= 0.6 is 0 Å². The number of piperidine rings is 1.